The quantitative estimate of drug-likeness (QED) is 0.117. The molecule has 0 spiro atoms. The van der Waals surface area contributed by atoms with Gasteiger partial charge in [-0.25, -0.2) is 9.67 Å². The van der Waals surface area contributed by atoms with Gasteiger partial charge in [-0.2, -0.15) is 0 Å². The number of rotatable bonds is 11. The highest BCUT2D eigenvalue weighted by Gasteiger charge is 2.42. The Kier molecular flexibility index (Phi) is 8.74. The SMILES string of the molecule is CCCc1ncc(C(O)O)n1Cc1ccc(-c2ccccc2-c2nnnn2C(c2ccccc2)(c2ccccc2)c2ccccc2)cc1. The molecular weight excluding hydrogens is 596 g/mol. The fourth-order valence-electron chi connectivity index (χ4n) is 6.63. The molecule has 0 amide bonds. The van der Waals surface area contributed by atoms with Gasteiger partial charge in [-0.1, -0.05) is 146 Å². The Balaban J connectivity index is 1.35. The summed E-state index contributed by atoms with van der Waals surface area (Å²) in [7, 11) is 0. The molecule has 0 unspecified atom stereocenters. The summed E-state index contributed by atoms with van der Waals surface area (Å²) in [5.74, 6) is 1.47. The summed E-state index contributed by atoms with van der Waals surface area (Å²) in [6, 6.07) is 47.6. The highest BCUT2D eigenvalue weighted by Crippen LogP contribution is 2.43. The predicted molar refractivity (Wildman–Crippen MR) is 186 cm³/mol. The van der Waals surface area contributed by atoms with Crippen LogP contribution in [0.4, 0.5) is 0 Å². The molecule has 0 aliphatic carbocycles. The fourth-order valence-corrected chi connectivity index (χ4v) is 6.63. The highest BCUT2D eigenvalue weighted by molar-refractivity contribution is 5.81. The van der Waals surface area contributed by atoms with Gasteiger partial charge in [0, 0.05) is 18.5 Å². The van der Waals surface area contributed by atoms with Crippen molar-refractivity contribution >= 4 is 0 Å². The average molecular weight is 633 g/mol. The van der Waals surface area contributed by atoms with E-state index in [1.54, 1.807) is 6.20 Å². The van der Waals surface area contributed by atoms with Gasteiger partial charge in [-0.3, -0.25) is 0 Å². The first-order valence-corrected chi connectivity index (χ1v) is 16.2. The standard InChI is InChI=1S/C40H36N6O2/c1-2-14-37-41-27-36(39(47)48)45(37)28-29-23-25-30(26-24-29)34-21-12-13-22-35(34)38-42-43-44-46(38)40(31-15-6-3-7-16-31,32-17-8-4-9-18-32)33-19-10-5-11-20-33/h3-13,15-27,39,47-48H,2,14,28H2,1H3. The van der Waals surface area contributed by atoms with Crippen molar-refractivity contribution in [2.45, 2.75) is 38.1 Å². The zero-order valence-corrected chi connectivity index (χ0v) is 26.6. The summed E-state index contributed by atoms with van der Waals surface area (Å²) < 4.78 is 3.85. The van der Waals surface area contributed by atoms with E-state index in [-0.39, 0.29) is 0 Å². The number of aliphatic hydroxyl groups is 2. The summed E-state index contributed by atoms with van der Waals surface area (Å²) in [6.45, 7) is 2.57. The van der Waals surface area contributed by atoms with Crippen molar-refractivity contribution in [2.24, 2.45) is 0 Å². The van der Waals surface area contributed by atoms with E-state index in [9.17, 15) is 10.2 Å². The summed E-state index contributed by atoms with van der Waals surface area (Å²) >= 11 is 0. The van der Waals surface area contributed by atoms with E-state index in [0.717, 1.165) is 57.6 Å². The van der Waals surface area contributed by atoms with E-state index in [1.807, 2.05) is 39.6 Å². The zero-order chi connectivity index (χ0) is 32.9. The third-order valence-corrected chi connectivity index (χ3v) is 8.84. The van der Waals surface area contributed by atoms with Crippen LogP contribution in [0, 0.1) is 0 Å². The number of aryl methyl sites for hydroxylation is 1. The van der Waals surface area contributed by atoms with Gasteiger partial charge in [0.15, 0.2) is 12.1 Å². The van der Waals surface area contributed by atoms with Gasteiger partial charge in [0.25, 0.3) is 0 Å². The molecule has 2 N–H and O–H groups in total. The lowest BCUT2D eigenvalue weighted by Crippen LogP contribution is -2.39. The van der Waals surface area contributed by atoms with E-state index in [0.29, 0.717) is 18.1 Å². The van der Waals surface area contributed by atoms with Crippen LogP contribution in [-0.2, 0) is 18.5 Å². The number of benzene rings is 5. The van der Waals surface area contributed by atoms with Crippen LogP contribution in [0.2, 0.25) is 0 Å². The third-order valence-electron chi connectivity index (χ3n) is 8.84. The van der Waals surface area contributed by atoms with Crippen molar-refractivity contribution in [3.63, 3.8) is 0 Å². The summed E-state index contributed by atoms with van der Waals surface area (Å²) in [6.07, 6.45) is 1.62. The molecule has 0 bridgehead atoms. The molecular formula is C40H36N6O2. The monoisotopic (exact) mass is 632 g/mol. The van der Waals surface area contributed by atoms with Gasteiger partial charge < -0.3 is 14.8 Å². The molecule has 8 nitrogen and oxygen atoms in total. The van der Waals surface area contributed by atoms with Crippen LogP contribution in [0.3, 0.4) is 0 Å². The number of hydrogen-bond acceptors (Lipinski definition) is 6. The molecule has 2 heterocycles. The second-order valence-corrected chi connectivity index (χ2v) is 11.8. The Bertz CT molecular complexity index is 1990. The molecule has 7 aromatic rings. The molecule has 0 aliphatic rings. The summed E-state index contributed by atoms with van der Waals surface area (Å²) in [5, 5.41) is 33.6. The van der Waals surface area contributed by atoms with Crippen LogP contribution in [0.25, 0.3) is 22.5 Å². The fraction of sp³-hybridized carbons (Fsp3) is 0.150. The minimum absolute atomic E-state index is 0.387. The van der Waals surface area contributed by atoms with E-state index < -0.39 is 11.8 Å². The topological polar surface area (TPSA) is 102 Å². The van der Waals surface area contributed by atoms with Gasteiger partial charge in [0.2, 0.25) is 0 Å². The van der Waals surface area contributed by atoms with Crippen molar-refractivity contribution in [3.8, 4) is 22.5 Å². The lowest BCUT2D eigenvalue weighted by Gasteiger charge is -2.36. The van der Waals surface area contributed by atoms with Gasteiger partial charge >= 0.3 is 0 Å². The molecule has 5 aromatic carbocycles. The molecule has 238 valence electrons. The van der Waals surface area contributed by atoms with Crippen molar-refractivity contribution in [1.82, 2.24) is 29.8 Å². The van der Waals surface area contributed by atoms with Crippen LogP contribution < -0.4 is 0 Å². The van der Waals surface area contributed by atoms with Crippen molar-refractivity contribution in [1.29, 1.82) is 0 Å². The first-order valence-electron chi connectivity index (χ1n) is 16.2. The smallest absolute Gasteiger partial charge is 0.195 e. The second-order valence-electron chi connectivity index (χ2n) is 11.8. The van der Waals surface area contributed by atoms with Gasteiger partial charge in [-0.05, 0) is 50.2 Å². The van der Waals surface area contributed by atoms with Crippen molar-refractivity contribution in [2.75, 3.05) is 0 Å². The molecule has 0 aliphatic heterocycles. The molecule has 0 fully saturated rings. The molecule has 8 heteroatoms. The lowest BCUT2D eigenvalue weighted by molar-refractivity contribution is -0.0482. The zero-order valence-electron chi connectivity index (χ0n) is 26.6. The number of nitrogens with zero attached hydrogens (tertiary/aromatic N) is 6. The number of imidazole rings is 1. The predicted octanol–water partition coefficient (Wildman–Crippen LogP) is 7.03. The molecule has 2 aromatic heterocycles. The van der Waals surface area contributed by atoms with Crippen molar-refractivity contribution in [3.05, 3.63) is 179 Å². The Hall–Kier alpha value is -5.70. The second kappa shape index (κ2) is 13.6. The van der Waals surface area contributed by atoms with Crippen LogP contribution in [-0.4, -0.2) is 40.0 Å². The first kappa shape index (κ1) is 30.9. The maximum atomic E-state index is 9.95. The van der Waals surface area contributed by atoms with Crippen LogP contribution in [0.1, 0.15) is 53.4 Å². The first-order chi connectivity index (χ1) is 23.6. The molecule has 7 rings (SSSR count). The highest BCUT2D eigenvalue weighted by atomic mass is 16.5. The van der Waals surface area contributed by atoms with Gasteiger partial charge in [0.1, 0.15) is 11.4 Å². The summed E-state index contributed by atoms with van der Waals surface area (Å²) in [4.78, 5) is 4.44. The van der Waals surface area contributed by atoms with E-state index >= 15 is 0 Å². The normalized spacial score (nSPS) is 11.7. The number of hydrogen-bond donors (Lipinski definition) is 2. The Morgan fingerprint density at radius 2 is 1.21 bits per heavy atom. The Labute approximate surface area is 279 Å². The minimum atomic E-state index is -1.59. The molecule has 48 heavy (non-hydrogen) atoms. The lowest BCUT2D eigenvalue weighted by atomic mass is 9.77. The molecule has 0 atom stereocenters. The largest absolute Gasteiger partial charge is 0.363 e. The third kappa shape index (κ3) is 5.61. The number of tetrazole rings is 1. The van der Waals surface area contributed by atoms with E-state index in [2.05, 4.69) is 131 Å². The maximum absolute atomic E-state index is 9.95. The maximum Gasteiger partial charge on any atom is 0.195 e. The van der Waals surface area contributed by atoms with Crippen molar-refractivity contribution < 1.29 is 10.2 Å². The molecule has 0 saturated heterocycles. The van der Waals surface area contributed by atoms with Crippen LogP contribution >= 0.6 is 0 Å². The average Bonchev–Trinajstić information content (AvgIpc) is 3.79. The van der Waals surface area contributed by atoms with Gasteiger partial charge in [-0.15, -0.1) is 5.10 Å². The van der Waals surface area contributed by atoms with Crippen LogP contribution in [0.5, 0.6) is 0 Å². The Morgan fingerprint density at radius 1 is 0.667 bits per heavy atom. The van der Waals surface area contributed by atoms with Gasteiger partial charge in [0.05, 0.1) is 11.9 Å². The molecule has 0 radical (unpaired) electrons. The van der Waals surface area contributed by atoms with E-state index in [4.69, 9.17) is 5.21 Å². The number of aliphatic hydroxyl groups excluding tert-OH is 1. The Morgan fingerprint density at radius 3 is 1.75 bits per heavy atom. The molecule has 0 saturated carbocycles. The number of aromatic nitrogens is 6. The van der Waals surface area contributed by atoms with Crippen LogP contribution in [0.15, 0.2) is 146 Å². The summed E-state index contributed by atoms with van der Waals surface area (Å²) in [5.41, 5.74) is 6.54. The minimum Gasteiger partial charge on any atom is -0.363 e. The van der Waals surface area contributed by atoms with E-state index in [1.165, 1.54) is 0 Å².